The Morgan fingerprint density at radius 3 is 0.586 bits per heavy atom. The zero-order chi connectivity index (χ0) is 68.6. The van der Waals surface area contributed by atoms with Gasteiger partial charge in [-0.3, -0.25) is 0 Å². The minimum Gasteiger partial charge on any atom is -0.318 e. The van der Waals surface area contributed by atoms with Crippen molar-refractivity contribution >= 4 is 71.1 Å². The van der Waals surface area contributed by atoms with Crippen molar-refractivity contribution in [1.82, 2.24) is 13.7 Å². The Bertz CT molecular complexity index is 5270. The Morgan fingerprint density at radius 1 is 0.253 bits per heavy atom. The summed E-state index contributed by atoms with van der Waals surface area (Å²) < 4.78 is 6.51. The van der Waals surface area contributed by atoms with Crippen molar-refractivity contribution < 1.29 is 0 Å². The number of nitriles is 2. The number of hydrogen-bond donors (Lipinski definition) is 0. The highest BCUT2D eigenvalue weighted by atomic mass is 15.1. The quantitative estimate of drug-likeness (QED) is 0.135. The van der Waals surface area contributed by atoms with E-state index in [0.29, 0.717) is 17.1 Å². The van der Waals surface area contributed by atoms with E-state index in [4.69, 9.17) is 4.85 Å². The maximum atomic E-state index is 12.8. The Morgan fingerprint density at radius 2 is 0.424 bits per heavy atom. The molecule has 99 heavy (non-hydrogen) atoms. The molecule has 13 aromatic carbocycles. The summed E-state index contributed by atoms with van der Waals surface area (Å²) in [5.41, 5.74) is 34.0. The molecule has 0 aliphatic rings. The van der Waals surface area contributed by atoms with Crippen molar-refractivity contribution in [2.24, 2.45) is 0 Å². The minimum atomic E-state index is 0.176. The van der Waals surface area contributed by atoms with Crippen molar-refractivity contribution in [2.45, 2.75) is 83.1 Å². The molecule has 0 atom stereocenters. The van der Waals surface area contributed by atoms with Crippen LogP contribution in [0.25, 0.3) is 154 Å². The molecule has 0 spiro atoms. The van der Waals surface area contributed by atoms with E-state index in [1.165, 1.54) is 66.8 Å². The Hall–Kier alpha value is -12.3. The van der Waals surface area contributed by atoms with E-state index in [-0.39, 0.29) is 16.8 Å². The molecule has 0 unspecified atom stereocenters. The van der Waals surface area contributed by atoms with Crippen LogP contribution in [-0.2, 0) is 0 Å². The second-order valence-electron chi connectivity index (χ2n) is 27.5. The molecule has 474 valence electrons. The van der Waals surface area contributed by atoms with Gasteiger partial charge in [-0.2, -0.15) is 10.5 Å². The van der Waals surface area contributed by atoms with Gasteiger partial charge >= 0.3 is 0 Å². The average Bonchev–Trinajstić information content (AvgIpc) is 1.46. The third-order valence-corrected chi connectivity index (χ3v) is 21.3. The monoisotopic (exact) mass is 1270 g/mol. The number of aryl methyl sites for hydroxylation is 12. The lowest BCUT2D eigenvalue weighted by Gasteiger charge is -2.24. The van der Waals surface area contributed by atoms with Crippen LogP contribution < -0.4 is 0 Å². The highest BCUT2D eigenvalue weighted by molar-refractivity contribution is 6.17. The van der Waals surface area contributed by atoms with Gasteiger partial charge < -0.3 is 13.7 Å². The molecular weight excluding hydrogens is 1200 g/mol. The van der Waals surface area contributed by atoms with E-state index in [0.717, 1.165) is 132 Å². The minimum absolute atomic E-state index is 0.176. The van der Waals surface area contributed by atoms with E-state index in [1.807, 2.05) is 0 Å². The van der Waals surface area contributed by atoms with Crippen LogP contribution in [0.15, 0.2) is 218 Å². The topological polar surface area (TPSA) is 66.7 Å². The molecule has 0 saturated heterocycles. The first-order valence-electron chi connectivity index (χ1n) is 34.0. The summed E-state index contributed by atoms with van der Waals surface area (Å²) in [7, 11) is 0. The van der Waals surface area contributed by atoms with Gasteiger partial charge in [-0.15, -0.1) is 0 Å². The molecule has 0 amide bonds. The maximum absolute atomic E-state index is 12.8. The van der Waals surface area contributed by atoms with Crippen LogP contribution in [0.3, 0.4) is 0 Å². The first-order valence-corrected chi connectivity index (χ1v) is 34.0. The van der Waals surface area contributed by atoms with Gasteiger partial charge in [0, 0.05) is 32.3 Å². The highest BCUT2D eigenvalue weighted by Gasteiger charge is 2.34. The van der Waals surface area contributed by atoms with E-state index < -0.39 is 0 Å². The zero-order valence-electron chi connectivity index (χ0n) is 58.0. The predicted octanol–water partition coefficient (Wildman–Crippen LogP) is 25.0. The Balaban J connectivity index is 1.12. The molecule has 0 N–H and O–H groups in total. The fourth-order valence-corrected chi connectivity index (χ4v) is 17.0. The molecule has 0 fully saturated rings. The van der Waals surface area contributed by atoms with Gasteiger partial charge in [0.2, 0.25) is 5.69 Å². The molecule has 6 heteroatoms. The van der Waals surface area contributed by atoms with E-state index >= 15 is 0 Å². The number of rotatable bonds is 9. The van der Waals surface area contributed by atoms with E-state index in [2.05, 4.69) is 327 Å². The highest BCUT2D eigenvalue weighted by Crippen LogP contribution is 2.52. The predicted molar refractivity (Wildman–Crippen MR) is 415 cm³/mol. The van der Waals surface area contributed by atoms with Crippen LogP contribution in [-0.4, -0.2) is 13.7 Å². The van der Waals surface area contributed by atoms with Crippen molar-refractivity contribution in [1.29, 1.82) is 10.5 Å². The van der Waals surface area contributed by atoms with Gasteiger partial charge in [0.15, 0.2) is 0 Å². The van der Waals surface area contributed by atoms with Crippen LogP contribution in [0, 0.1) is 112 Å². The van der Waals surface area contributed by atoms with Crippen LogP contribution in [0.2, 0.25) is 0 Å². The number of nitrogens with zero attached hydrogens (tertiary/aromatic N) is 6. The van der Waals surface area contributed by atoms with Gasteiger partial charge in [-0.05, 0) is 289 Å². The molecule has 0 aliphatic carbocycles. The standard InChI is InChI=1S/C93H72N6/c1-52-20-14-21-53(2)84(52)64-32-38-78-70(44-64)71-45-65(85-54(3)22-15-23-55(85)4)33-39-79(71)97(78)91-76(50-94)92(98-80-40-34-66(86-56(5)24-16-25-57(86)6)46-72(80)73-47-67(35-41-81(73)98)87-58(7)26-17-27-59(87)8)90(96-13)93(77(91)51-95)99-82-42-36-68(88-60(9)28-18-29-61(88)10)48-74(82)75-49-69(37-43-83(75)99)89-62(11)30-19-31-63(89)12/h14-49H,1-12H3. The molecule has 0 radical (unpaired) electrons. The summed E-state index contributed by atoms with van der Waals surface area (Å²) in [6, 6.07) is 84.4. The summed E-state index contributed by atoms with van der Waals surface area (Å²) in [5, 5.41) is 31.4. The lowest BCUT2D eigenvalue weighted by atomic mass is 9.93. The van der Waals surface area contributed by atoms with Crippen LogP contribution in [0.4, 0.5) is 5.69 Å². The number of fused-ring (bicyclic) bond motifs is 9. The molecule has 0 aliphatic heterocycles. The summed E-state index contributed by atoms with van der Waals surface area (Å²) in [6.07, 6.45) is 0. The number of hydrogen-bond acceptors (Lipinski definition) is 2. The van der Waals surface area contributed by atoms with E-state index in [9.17, 15) is 17.1 Å². The Labute approximate surface area is 578 Å². The fraction of sp³-hybridized carbons (Fsp3) is 0.129. The van der Waals surface area contributed by atoms with Gasteiger partial charge in [0.1, 0.15) is 12.1 Å². The van der Waals surface area contributed by atoms with Gasteiger partial charge in [-0.1, -0.05) is 146 Å². The Kier molecular flexibility index (Phi) is 14.6. The van der Waals surface area contributed by atoms with Crippen LogP contribution in [0.5, 0.6) is 0 Å². The summed E-state index contributed by atoms with van der Waals surface area (Å²) in [5.74, 6) is 0. The smallest absolute Gasteiger partial charge is 0.236 e. The third-order valence-electron chi connectivity index (χ3n) is 21.3. The summed E-state index contributed by atoms with van der Waals surface area (Å²) >= 11 is 0. The molecule has 0 saturated carbocycles. The van der Waals surface area contributed by atoms with Gasteiger partial charge in [-0.25, -0.2) is 4.85 Å². The van der Waals surface area contributed by atoms with Gasteiger partial charge in [0.05, 0.1) is 67.9 Å². The lowest BCUT2D eigenvalue weighted by molar-refractivity contribution is 1.08. The normalized spacial score (nSPS) is 11.6. The lowest BCUT2D eigenvalue weighted by Crippen LogP contribution is -2.11. The maximum Gasteiger partial charge on any atom is 0.236 e. The third kappa shape index (κ3) is 9.48. The second kappa shape index (κ2) is 23.5. The summed E-state index contributed by atoms with van der Waals surface area (Å²) in [6.45, 7) is 36.0. The average molecular weight is 1270 g/mol. The van der Waals surface area contributed by atoms with Crippen molar-refractivity contribution in [3.63, 3.8) is 0 Å². The fourth-order valence-electron chi connectivity index (χ4n) is 17.0. The SMILES string of the molecule is [C-]#[N+]c1c(-n2c3ccc(-c4c(C)cccc4C)cc3c3cc(-c4c(C)cccc4C)ccc32)c(C#N)c(-n2c3ccc(-c4c(C)cccc4C)cc3c3cc(-c4c(C)cccc4C)ccc32)c(C#N)c1-n1c2ccc(-c3c(C)cccc3C)cc2c2cc(-c3c(C)cccc3C)ccc21. The number of aromatic nitrogens is 3. The van der Waals surface area contributed by atoms with Crippen LogP contribution in [0.1, 0.15) is 77.9 Å². The zero-order valence-corrected chi connectivity index (χ0v) is 58.0. The van der Waals surface area contributed by atoms with Crippen molar-refractivity contribution in [3.05, 3.63) is 308 Å². The summed E-state index contributed by atoms with van der Waals surface area (Å²) in [4.78, 5) is 4.75. The molecule has 16 rings (SSSR count). The molecule has 6 nitrogen and oxygen atoms in total. The van der Waals surface area contributed by atoms with E-state index in [1.54, 1.807) is 0 Å². The number of benzene rings is 13. The molecule has 3 aromatic heterocycles. The van der Waals surface area contributed by atoms with Crippen molar-refractivity contribution in [2.75, 3.05) is 0 Å². The first-order chi connectivity index (χ1) is 48.0. The molecular formula is C93H72N6. The molecule has 16 aromatic rings. The van der Waals surface area contributed by atoms with Gasteiger partial charge in [0.25, 0.3) is 0 Å². The second-order valence-corrected chi connectivity index (χ2v) is 27.5. The molecule has 3 heterocycles. The first kappa shape index (κ1) is 61.6. The van der Waals surface area contributed by atoms with Crippen molar-refractivity contribution in [3.8, 4) is 96.0 Å². The largest absolute Gasteiger partial charge is 0.318 e. The van der Waals surface area contributed by atoms with Crippen LogP contribution >= 0.6 is 0 Å². The molecule has 0 bridgehead atoms.